The molecule has 0 heterocycles. The third-order valence-electron chi connectivity index (χ3n) is 4.25. The Labute approximate surface area is 166 Å². The highest BCUT2D eigenvalue weighted by atomic mass is 35.5. The summed E-state index contributed by atoms with van der Waals surface area (Å²) in [5, 5.41) is 3.46. The van der Waals surface area contributed by atoms with Gasteiger partial charge < -0.3 is 5.32 Å². The smallest absolute Gasteiger partial charge is 0.232 e. The van der Waals surface area contributed by atoms with Gasteiger partial charge in [-0.15, -0.1) is 0 Å². The number of halogens is 1. The molecule has 1 N–H and O–H groups in total. The number of rotatable bonds is 9. The molecule has 0 saturated heterocycles. The van der Waals surface area contributed by atoms with Gasteiger partial charge in [-0.25, -0.2) is 8.42 Å². The molecule has 0 aliphatic carbocycles. The number of hydrogen-bond acceptors (Lipinski definition) is 3. The highest BCUT2D eigenvalue weighted by Gasteiger charge is 2.17. The Hall–Kier alpha value is -2.05. The van der Waals surface area contributed by atoms with E-state index >= 15 is 0 Å². The molecule has 0 radical (unpaired) electrons. The normalized spacial score (nSPS) is 12.4. The molecular weight excluding hydrogens is 384 g/mol. The fourth-order valence-electron chi connectivity index (χ4n) is 2.73. The first-order chi connectivity index (χ1) is 12.8. The Bertz CT molecular complexity index is 839. The maximum absolute atomic E-state index is 12.1. The van der Waals surface area contributed by atoms with Crippen LogP contribution in [-0.2, 0) is 14.8 Å². The van der Waals surface area contributed by atoms with Gasteiger partial charge in [0.2, 0.25) is 15.9 Å². The number of hydrogen-bond donors (Lipinski definition) is 1. The van der Waals surface area contributed by atoms with Crippen molar-refractivity contribution in [2.75, 3.05) is 23.7 Å². The van der Waals surface area contributed by atoms with Gasteiger partial charge in [0.05, 0.1) is 11.9 Å². The summed E-state index contributed by atoms with van der Waals surface area (Å²) in [5.74, 6) is 0.138. The van der Waals surface area contributed by atoms with E-state index in [2.05, 4.69) is 12.2 Å². The van der Waals surface area contributed by atoms with Crippen LogP contribution in [0.2, 0.25) is 5.02 Å². The van der Waals surface area contributed by atoms with Crippen molar-refractivity contribution < 1.29 is 13.2 Å². The van der Waals surface area contributed by atoms with E-state index in [9.17, 15) is 13.2 Å². The van der Waals surface area contributed by atoms with Crippen molar-refractivity contribution in [3.05, 3.63) is 65.2 Å². The lowest BCUT2D eigenvalue weighted by molar-refractivity contribution is -0.121. The standard InChI is InChI=1S/C20H25ClN2O3S/c1-16(17-7-4-3-5-8-17)15-22-20(24)9-6-14-23(27(2,25)26)19-12-10-18(21)11-13-19/h3-5,7-8,10-13,16H,6,9,14-15H2,1-2H3,(H,22,24). The van der Waals surface area contributed by atoms with Gasteiger partial charge in [0, 0.05) is 24.5 Å². The minimum atomic E-state index is -3.43. The first kappa shape index (κ1) is 21.3. The lowest BCUT2D eigenvalue weighted by Crippen LogP contribution is -2.32. The fourth-order valence-corrected chi connectivity index (χ4v) is 3.82. The van der Waals surface area contributed by atoms with E-state index in [1.807, 2.05) is 30.3 Å². The van der Waals surface area contributed by atoms with Crippen LogP contribution in [0.25, 0.3) is 0 Å². The van der Waals surface area contributed by atoms with Crippen LogP contribution < -0.4 is 9.62 Å². The number of nitrogens with zero attached hydrogens (tertiary/aromatic N) is 1. The van der Waals surface area contributed by atoms with Gasteiger partial charge in [0.15, 0.2) is 0 Å². The first-order valence-corrected chi connectivity index (χ1v) is 11.0. The zero-order chi connectivity index (χ0) is 19.9. The Morgan fingerprint density at radius 3 is 2.33 bits per heavy atom. The van der Waals surface area contributed by atoms with Crippen LogP contribution >= 0.6 is 11.6 Å². The molecule has 146 valence electrons. The van der Waals surface area contributed by atoms with E-state index in [1.165, 1.54) is 9.87 Å². The summed E-state index contributed by atoms with van der Waals surface area (Å²) in [6.07, 6.45) is 1.85. The summed E-state index contributed by atoms with van der Waals surface area (Å²) in [7, 11) is -3.43. The summed E-state index contributed by atoms with van der Waals surface area (Å²) in [5.41, 5.74) is 1.71. The van der Waals surface area contributed by atoms with Crippen molar-refractivity contribution in [3.63, 3.8) is 0 Å². The van der Waals surface area contributed by atoms with Crippen LogP contribution in [-0.4, -0.2) is 33.7 Å². The molecule has 1 atom stereocenters. The Kier molecular flexibility index (Phi) is 7.68. The lowest BCUT2D eigenvalue weighted by Gasteiger charge is -2.22. The largest absolute Gasteiger partial charge is 0.356 e. The lowest BCUT2D eigenvalue weighted by atomic mass is 10.0. The predicted octanol–water partition coefficient (Wildman–Crippen LogP) is 3.81. The van der Waals surface area contributed by atoms with Gasteiger partial charge in [0.1, 0.15) is 0 Å². The van der Waals surface area contributed by atoms with E-state index < -0.39 is 10.0 Å². The van der Waals surface area contributed by atoms with Gasteiger partial charge in [-0.05, 0) is 42.2 Å². The Morgan fingerprint density at radius 1 is 1.11 bits per heavy atom. The maximum atomic E-state index is 12.1. The maximum Gasteiger partial charge on any atom is 0.232 e. The van der Waals surface area contributed by atoms with Crippen LogP contribution in [0.3, 0.4) is 0 Å². The fraction of sp³-hybridized carbons (Fsp3) is 0.350. The Balaban J connectivity index is 1.83. The zero-order valence-corrected chi connectivity index (χ0v) is 17.1. The van der Waals surface area contributed by atoms with E-state index in [-0.39, 0.29) is 24.8 Å². The first-order valence-electron chi connectivity index (χ1n) is 8.82. The molecule has 5 nitrogen and oxygen atoms in total. The molecule has 0 aliphatic heterocycles. The van der Waals surface area contributed by atoms with Crippen molar-refractivity contribution in [2.45, 2.75) is 25.7 Å². The second-order valence-corrected chi connectivity index (χ2v) is 8.87. The van der Waals surface area contributed by atoms with E-state index in [4.69, 9.17) is 11.6 Å². The number of benzene rings is 2. The number of carbonyl (C=O) groups excluding carboxylic acids is 1. The minimum absolute atomic E-state index is 0.0812. The second kappa shape index (κ2) is 9.76. The molecule has 27 heavy (non-hydrogen) atoms. The molecular formula is C20H25ClN2O3S. The van der Waals surface area contributed by atoms with Crippen LogP contribution in [0.15, 0.2) is 54.6 Å². The van der Waals surface area contributed by atoms with Crippen LogP contribution in [0, 0.1) is 0 Å². The SMILES string of the molecule is CC(CNC(=O)CCCN(c1ccc(Cl)cc1)S(C)(=O)=O)c1ccccc1. The van der Waals surface area contributed by atoms with Crippen LogP contribution in [0.4, 0.5) is 5.69 Å². The minimum Gasteiger partial charge on any atom is -0.356 e. The highest BCUT2D eigenvalue weighted by Crippen LogP contribution is 2.21. The van der Waals surface area contributed by atoms with Gasteiger partial charge in [-0.3, -0.25) is 9.10 Å². The number of nitrogens with one attached hydrogen (secondary N) is 1. The summed E-state index contributed by atoms with van der Waals surface area (Å²) in [6.45, 7) is 2.85. The monoisotopic (exact) mass is 408 g/mol. The molecule has 1 amide bonds. The van der Waals surface area contributed by atoms with E-state index in [1.54, 1.807) is 24.3 Å². The van der Waals surface area contributed by atoms with Gasteiger partial charge in [-0.2, -0.15) is 0 Å². The quantitative estimate of drug-likeness (QED) is 0.686. The van der Waals surface area contributed by atoms with Crippen LogP contribution in [0.1, 0.15) is 31.2 Å². The average Bonchev–Trinajstić information content (AvgIpc) is 2.64. The summed E-state index contributed by atoms with van der Waals surface area (Å²) in [4.78, 5) is 12.1. The average molecular weight is 409 g/mol. The van der Waals surface area contributed by atoms with Crippen molar-refractivity contribution in [1.82, 2.24) is 5.32 Å². The number of sulfonamides is 1. The second-order valence-electron chi connectivity index (χ2n) is 6.53. The van der Waals surface area contributed by atoms with Crippen molar-refractivity contribution >= 4 is 33.2 Å². The van der Waals surface area contributed by atoms with E-state index in [0.717, 1.165) is 6.26 Å². The molecule has 7 heteroatoms. The third kappa shape index (κ3) is 6.88. The molecule has 0 spiro atoms. The van der Waals surface area contributed by atoms with Crippen molar-refractivity contribution in [1.29, 1.82) is 0 Å². The summed E-state index contributed by atoms with van der Waals surface area (Å²) >= 11 is 5.86. The van der Waals surface area contributed by atoms with Crippen molar-refractivity contribution in [3.8, 4) is 0 Å². The number of carbonyl (C=O) groups is 1. The molecule has 2 aromatic carbocycles. The van der Waals surface area contributed by atoms with Gasteiger partial charge in [0.25, 0.3) is 0 Å². The van der Waals surface area contributed by atoms with E-state index in [0.29, 0.717) is 23.7 Å². The molecule has 0 saturated carbocycles. The predicted molar refractivity (Wildman–Crippen MR) is 111 cm³/mol. The molecule has 2 aromatic rings. The molecule has 0 bridgehead atoms. The van der Waals surface area contributed by atoms with Gasteiger partial charge in [-0.1, -0.05) is 48.9 Å². The van der Waals surface area contributed by atoms with Crippen molar-refractivity contribution in [2.24, 2.45) is 0 Å². The number of amides is 1. The molecule has 0 fully saturated rings. The molecule has 2 rings (SSSR count). The Morgan fingerprint density at radius 2 is 1.74 bits per heavy atom. The molecule has 1 unspecified atom stereocenters. The summed E-state index contributed by atoms with van der Waals surface area (Å²) in [6, 6.07) is 16.6. The molecule has 0 aromatic heterocycles. The topological polar surface area (TPSA) is 66.5 Å². The summed E-state index contributed by atoms with van der Waals surface area (Å²) < 4.78 is 25.4. The highest BCUT2D eigenvalue weighted by molar-refractivity contribution is 7.92. The van der Waals surface area contributed by atoms with Gasteiger partial charge >= 0.3 is 0 Å². The third-order valence-corrected chi connectivity index (χ3v) is 5.70. The zero-order valence-electron chi connectivity index (χ0n) is 15.6. The number of anilines is 1. The van der Waals surface area contributed by atoms with Crippen LogP contribution in [0.5, 0.6) is 0 Å². The molecule has 0 aliphatic rings.